The van der Waals surface area contributed by atoms with E-state index in [-0.39, 0.29) is 0 Å². The van der Waals surface area contributed by atoms with E-state index >= 15 is 0 Å². The van der Waals surface area contributed by atoms with Crippen LogP contribution in [0.2, 0.25) is 18.1 Å². The van der Waals surface area contributed by atoms with Gasteiger partial charge in [-0.1, -0.05) is 66.7 Å². The van der Waals surface area contributed by atoms with Gasteiger partial charge in [-0.15, -0.1) is 0 Å². The first-order valence-corrected chi connectivity index (χ1v) is 10.8. The molecule has 0 heterocycles. The molecule has 0 unspecified atom stereocenters. The van der Waals surface area contributed by atoms with Crippen LogP contribution in [-0.2, 0) is 4.43 Å². The van der Waals surface area contributed by atoms with E-state index in [1.165, 1.54) is 38.5 Å². The molecule has 1 atom stereocenters. The van der Waals surface area contributed by atoms with Crippen LogP contribution < -0.4 is 0 Å². The summed E-state index contributed by atoms with van der Waals surface area (Å²) in [5.41, 5.74) is 0. The van der Waals surface area contributed by atoms with Crippen LogP contribution in [0.25, 0.3) is 0 Å². The summed E-state index contributed by atoms with van der Waals surface area (Å²) in [6.07, 6.45) is 8.06. The molecule has 0 aromatic rings. The molecule has 0 aliphatic carbocycles. The molecule has 110 valence electrons. The Morgan fingerprint density at radius 1 is 1.00 bits per heavy atom. The van der Waals surface area contributed by atoms with Crippen molar-refractivity contribution in [1.29, 1.82) is 0 Å². The number of hydrogen-bond acceptors (Lipinski definition) is 1. The average Bonchev–Trinajstić information content (AvgIpc) is 2.25. The molecule has 0 amide bonds. The zero-order chi connectivity index (χ0) is 14.2. The van der Waals surface area contributed by atoms with Crippen LogP contribution in [-0.4, -0.2) is 14.9 Å². The molecule has 0 aliphatic heterocycles. The van der Waals surface area contributed by atoms with E-state index in [2.05, 4.69) is 47.7 Å². The van der Waals surface area contributed by atoms with Crippen LogP contribution in [0, 0.1) is 5.92 Å². The van der Waals surface area contributed by atoms with E-state index in [9.17, 15) is 0 Å². The van der Waals surface area contributed by atoms with Gasteiger partial charge in [-0.25, -0.2) is 0 Å². The van der Waals surface area contributed by atoms with Crippen molar-refractivity contribution < 1.29 is 4.43 Å². The van der Waals surface area contributed by atoms with E-state index in [0.29, 0.717) is 5.04 Å². The Labute approximate surface area is 117 Å². The van der Waals surface area contributed by atoms with Gasteiger partial charge in [0.05, 0.1) is 0 Å². The van der Waals surface area contributed by atoms with Crippen molar-refractivity contribution in [2.24, 2.45) is 5.92 Å². The van der Waals surface area contributed by atoms with Gasteiger partial charge in [-0.2, -0.15) is 0 Å². The quantitative estimate of drug-likeness (QED) is 0.369. The largest absolute Gasteiger partial charge is 0.417 e. The highest BCUT2D eigenvalue weighted by Gasteiger charge is 2.36. The van der Waals surface area contributed by atoms with Gasteiger partial charge >= 0.3 is 0 Å². The maximum atomic E-state index is 6.21. The lowest BCUT2D eigenvalue weighted by Crippen LogP contribution is -2.40. The molecule has 0 radical (unpaired) electrons. The van der Waals surface area contributed by atoms with Crippen LogP contribution in [0.3, 0.4) is 0 Å². The Morgan fingerprint density at radius 2 is 1.61 bits per heavy atom. The highest BCUT2D eigenvalue weighted by atomic mass is 28.4. The molecular weight excluding hydrogens is 236 g/mol. The molecule has 0 rings (SSSR count). The smallest absolute Gasteiger partial charge is 0.191 e. The minimum atomic E-state index is -1.51. The molecule has 0 saturated heterocycles. The highest BCUT2D eigenvalue weighted by Crippen LogP contribution is 2.36. The Balaban J connectivity index is 3.74. The van der Waals surface area contributed by atoms with Gasteiger partial charge in [0.15, 0.2) is 8.32 Å². The highest BCUT2D eigenvalue weighted by molar-refractivity contribution is 6.74. The third-order valence-corrected chi connectivity index (χ3v) is 9.09. The van der Waals surface area contributed by atoms with E-state index in [0.717, 1.165) is 12.5 Å². The van der Waals surface area contributed by atoms with E-state index in [1.54, 1.807) is 0 Å². The SMILES string of the molecule is CCC[C@@H](CC)CCCCO[Si](C)(C)C(C)(C)C. The second-order valence-corrected chi connectivity index (χ2v) is 12.0. The molecular formula is C16H36OSi. The molecule has 0 aromatic carbocycles. The van der Waals surface area contributed by atoms with Crippen LogP contribution in [0.15, 0.2) is 0 Å². The minimum absolute atomic E-state index is 0.348. The Morgan fingerprint density at radius 3 is 2.06 bits per heavy atom. The van der Waals surface area contributed by atoms with Gasteiger partial charge in [0, 0.05) is 6.61 Å². The second kappa shape index (κ2) is 8.37. The first kappa shape index (κ1) is 18.2. The summed E-state index contributed by atoms with van der Waals surface area (Å²) in [5, 5.41) is 0.348. The van der Waals surface area contributed by atoms with Crippen LogP contribution in [0.5, 0.6) is 0 Å². The van der Waals surface area contributed by atoms with Crippen LogP contribution in [0.1, 0.15) is 73.1 Å². The van der Waals surface area contributed by atoms with Gasteiger partial charge in [-0.05, 0) is 30.5 Å². The van der Waals surface area contributed by atoms with Gasteiger partial charge in [-0.3, -0.25) is 0 Å². The summed E-state index contributed by atoms with van der Waals surface area (Å²) in [4.78, 5) is 0. The topological polar surface area (TPSA) is 9.23 Å². The zero-order valence-electron chi connectivity index (χ0n) is 13.9. The molecule has 1 nitrogen and oxygen atoms in total. The summed E-state index contributed by atoms with van der Waals surface area (Å²) in [6.45, 7) is 17.2. The number of hydrogen-bond donors (Lipinski definition) is 0. The number of rotatable bonds is 9. The summed E-state index contributed by atoms with van der Waals surface area (Å²) in [5.74, 6) is 0.947. The third-order valence-electron chi connectivity index (χ3n) is 4.55. The fraction of sp³-hybridized carbons (Fsp3) is 1.00. The van der Waals surface area contributed by atoms with Crippen molar-refractivity contribution in [2.45, 2.75) is 91.3 Å². The first-order valence-electron chi connectivity index (χ1n) is 7.88. The Kier molecular flexibility index (Phi) is 8.45. The van der Waals surface area contributed by atoms with E-state index < -0.39 is 8.32 Å². The standard InChI is InChI=1S/C16H36OSi/c1-8-12-15(9-2)13-10-11-14-17-18(6,7)16(3,4)5/h15H,8-14H2,1-7H3/t15-/m1/s1. The molecule has 18 heavy (non-hydrogen) atoms. The lowest BCUT2D eigenvalue weighted by Gasteiger charge is -2.36. The van der Waals surface area contributed by atoms with Gasteiger partial charge in [0.25, 0.3) is 0 Å². The van der Waals surface area contributed by atoms with Gasteiger partial charge < -0.3 is 4.43 Å². The fourth-order valence-electron chi connectivity index (χ4n) is 2.04. The summed E-state index contributed by atoms with van der Waals surface area (Å²) in [7, 11) is -1.51. The van der Waals surface area contributed by atoms with Crippen molar-refractivity contribution >= 4 is 8.32 Å². The average molecular weight is 273 g/mol. The number of unbranched alkanes of at least 4 members (excludes halogenated alkanes) is 1. The maximum absolute atomic E-state index is 6.21. The van der Waals surface area contributed by atoms with Crippen molar-refractivity contribution in [3.63, 3.8) is 0 Å². The molecule has 0 aliphatic rings. The molecule has 0 fully saturated rings. The van der Waals surface area contributed by atoms with Crippen LogP contribution in [0.4, 0.5) is 0 Å². The molecule has 0 N–H and O–H groups in total. The molecule has 0 aromatic heterocycles. The normalized spacial score (nSPS) is 14.8. The monoisotopic (exact) mass is 272 g/mol. The summed E-state index contributed by atoms with van der Waals surface area (Å²) in [6, 6.07) is 0. The van der Waals surface area contributed by atoms with E-state index in [4.69, 9.17) is 4.43 Å². The minimum Gasteiger partial charge on any atom is -0.417 e. The summed E-state index contributed by atoms with van der Waals surface area (Å²) >= 11 is 0. The Bertz CT molecular complexity index is 206. The van der Waals surface area contributed by atoms with Gasteiger partial charge in [0.1, 0.15) is 0 Å². The van der Waals surface area contributed by atoms with Crippen molar-refractivity contribution in [3.05, 3.63) is 0 Å². The van der Waals surface area contributed by atoms with Crippen molar-refractivity contribution in [3.8, 4) is 0 Å². The lowest BCUT2D eigenvalue weighted by molar-refractivity contribution is 0.271. The predicted octanol–water partition coefficient (Wildman–Crippen LogP) is 6.00. The fourth-order valence-corrected chi connectivity index (χ4v) is 3.13. The van der Waals surface area contributed by atoms with Crippen molar-refractivity contribution in [1.82, 2.24) is 0 Å². The molecule has 2 heteroatoms. The third kappa shape index (κ3) is 6.94. The molecule has 0 saturated carbocycles. The van der Waals surface area contributed by atoms with E-state index in [1.807, 2.05) is 0 Å². The predicted molar refractivity (Wildman–Crippen MR) is 85.7 cm³/mol. The van der Waals surface area contributed by atoms with Gasteiger partial charge in [0.2, 0.25) is 0 Å². The molecule has 0 bridgehead atoms. The summed E-state index contributed by atoms with van der Waals surface area (Å²) < 4.78 is 6.21. The van der Waals surface area contributed by atoms with Crippen LogP contribution >= 0.6 is 0 Å². The maximum Gasteiger partial charge on any atom is 0.191 e. The molecule has 0 spiro atoms. The Hall–Kier alpha value is 0.177. The lowest BCUT2D eigenvalue weighted by atomic mass is 9.95. The second-order valence-electron chi connectivity index (χ2n) is 7.17. The van der Waals surface area contributed by atoms with Crippen molar-refractivity contribution in [2.75, 3.05) is 6.61 Å². The first-order chi connectivity index (χ1) is 8.24. The zero-order valence-corrected chi connectivity index (χ0v) is 14.9.